The minimum Gasteiger partial charge on any atom is -0.370 e. The fourth-order valence-corrected chi connectivity index (χ4v) is 6.25. The number of rotatable bonds is 6. The highest BCUT2D eigenvalue weighted by molar-refractivity contribution is 7.21. The van der Waals surface area contributed by atoms with Crippen LogP contribution in [0.2, 0.25) is 0 Å². The number of hydrogen-bond donors (Lipinski definition) is 2. The Balaban J connectivity index is 1.33. The lowest BCUT2D eigenvalue weighted by Crippen LogP contribution is -2.47. The number of thiophene rings is 1. The molecule has 0 bridgehead atoms. The molecular weight excluding hydrogens is 513 g/mol. The standard InChI is InChI=1S/C30H26FN5O2S/c1-3-18(2)35-14-6-10-22(17-35)33-28(37)27-26-25-24(12-13-32-29(25)39-27)36(30(38)34-26)23-11-5-8-20(16-23)19-7-4-9-21(31)15-19/h3-5,7-9,11-13,15-16,22H,1-2,6,10,14,17H2,(H,33,37)(H,34,38)/t22-/m1/s1. The maximum atomic E-state index is 13.9. The summed E-state index contributed by atoms with van der Waals surface area (Å²) in [6, 6.07) is 15.0. The van der Waals surface area contributed by atoms with Gasteiger partial charge in [-0.1, -0.05) is 37.4 Å². The van der Waals surface area contributed by atoms with E-state index in [9.17, 15) is 14.0 Å². The van der Waals surface area contributed by atoms with Crippen LogP contribution in [-0.4, -0.2) is 41.0 Å². The Morgan fingerprint density at radius 1 is 1.18 bits per heavy atom. The quantitative estimate of drug-likeness (QED) is 0.268. The third kappa shape index (κ3) is 4.55. The summed E-state index contributed by atoms with van der Waals surface area (Å²) in [6.07, 6.45) is 5.16. The average molecular weight is 540 g/mol. The van der Waals surface area contributed by atoms with Crippen molar-refractivity contribution in [1.82, 2.24) is 15.2 Å². The minimum absolute atomic E-state index is 0.0471. The zero-order chi connectivity index (χ0) is 27.1. The molecule has 9 heteroatoms. The second-order valence-corrected chi connectivity index (χ2v) is 10.6. The number of allylic oxidation sites excluding steroid dienone is 1. The van der Waals surface area contributed by atoms with E-state index in [0.29, 0.717) is 44.3 Å². The molecule has 39 heavy (non-hydrogen) atoms. The molecular formula is C30H26FN5O2S. The number of hydrogen-bond acceptors (Lipinski definition) is 5. The number of anilines is 3. The molecule has 2 aliphatic rings. The summed E-state index contributed by atoms with van der Waals surface area (Å²) in [4.78, 5) is 36.2. The molecule has 0 saturated carbocycles. The highest BCUT2D eigenvalue weighted by Gasteiger charge is 2.33. The molecule has 3 amide bonds. The fourth-order valence-electron chi connectivity index (χ4n) is 5.23. The Hall–Kier alpha value is -4.50. The minimum atomic E-state index is -0.384. The van der Waals surface area contributed by atoms with Gasteiger partial charge < -0.3 is 15.5 Å². The van der Waals surface area contributed by atoms with E-state index in [0.717, 1.165) is 30.6 Å². The van der Waals surface area contributed by atoms with E-state index in [-0.39, 0.29) is 23.8 Å². The zero-order valence-corrected chi connectivity index (χ0v) is 21.9. The largest absolute Gasteiger partial charge is 0.370 e. The van der Waals surface area contributed by atoms with Gasteiger partial charge in [-0.25, -0.2) is 14.2 Å². The molecule has 1 fully saturated rings. The Morgan fingerprint density at radius 3 is 2.77 bits per heavy atom. The van der Waals surface area contributed by atoms with E-state index < -0.39 is 0 Å². The van der Waals surface area contributed by atoms with Crippen molar-refractivity contribution in [3.63, 3.8) is 0 Å². The Morgan fingerprint density at radius 2 is 1.97 bits per heavy atom. The van der Waals surface area contributed by atoms with Gasteiger partial charge in [-0.2, -0.15) is 0 Å². The van der Waals surface area contributed by atoms with Crippen molar-refractivity contribution in [3.8, 4) is 11.1 Å². The van der Waals surface area contributed by atoms with E-state index in [1.165, 1.54) is 23.5 Å². The van der Waals surface area contributed by atoms with Gasteiger partial charge in [-0.05, 0) is 60.4 Å². The lowest BCUT2D eigenvalue weighted by atomic mass is 10.0. The average Bonchev–Trinajstić information content (AvgIpc) is 3.32. The summed E-state index contributed by atoms with van der Waals surface area (Å²) >= 11 is 1.26. The first-order valence-corrected chi connectivity index (χ1v) is 13.5. The van der Waals surface area contributed by atoms with Crippen LogP contribution in [0.5, 0.6) is 0 Å². The second-order valence-electron chi connectivity index (χ2n) is 9.60. The van der Waals surface area contributed by atoms with Crippen LogP contribution in [0.25, 0.3) is 21.3 Å². The first kappa shape index (κ1) is 24.8. The third-order valence-corrected chi connectivity index (χ3v) is 8.21. The highest BCUT2D eigenvalue weighted by Crippen LogP contribution is 2.46. The molecule has 0 spiro atoms. The summed E-state index contributed by atoms with van der Waals surface area (Å²) in [5.74, 6) is -0.568. The number of benzene rings is 2. The van der Waals surface area contributed by atoms with Gasteiger partial charge in [0.15, 0.2) is 0 Å². The molecule has 196 valence electrons. The van der Waals surface area contributed by atoms with Crippen molar-refractivity contribution in [2.45, 2.75) is 18.9 Å². The molecule has 2 N–H and O–H groups in total. The van der Waals surface area contributed by atoms with E-state index in [4.69, 9.17) is 0 Å². The first-order valence-electron chi connectivity index (χ1n) is 12.7. The number of nitrogens with one attached hydrogen (secondary N) is 2. The maximum absolute atomic E-state index is 13.9. The first-order chi connectivity index (χ1) is 18.9. The van der Waals surface area contributed by atoms with Crippen molar-refractivity contribution < 1.29 is 14.0 Å². The molecule has 4 heterocycles. The van der Waals surface area contributed by atoms with Gasteiger partial charge in [0, 0.05) is 31.0 Å². The van der Waals surface area contributed by atoms with Crippen molar-refractivity contribution >= 4 is 50.6 Å². The molecule has 2 aliphatic heterocycles. The van der Waals surface area contributed by atoms with Crippen LogP contribution in [0.15, 0.2) is 85.7 Å². The van der Waals surface area contributed by atoms with Crippen molar-refractivity contribution in [2.75, 3.05) is 23.3 Å². The third-order valence-electron chi connectivity index (χ3n) is 7.11. The number of piperidine rings is 1. The topological polar surface area (TPSA) is 77.6 Å². The maximum Gasteiger partial charge on any atom is 0.331 e. The number of carbonyl (C=O) groups is 2. The Bertz CT molecular complexity index is 1650. The smallest absolute Gasteiger partial charge is 0.331 e. The van der Waals surface area contributed by atoms with Gasteiger partial charge in [0.25, 0.3) is 5.91 Å². The normalized spacial score (nSPS) is 16.6. The van der Waals surface area contributed by atoms with Gasteiger partial charge in [0.05, 0.1) is 22.4 Å². The van der Waals surface area contributed by atoms with Crippen LogP contribution in [0.1, 0.15) is 22.5 Å². The van der Waals surface area contributed by atoms with Gasteiger partial charge >= 0.3 is 6.03 Å². The number of urea groups is 1. The molecule has 1 atom stereocenters. The summed E-state index contributed by atoms with van der Waals surface area (Å²) in [5.41, 5.74) is 4.06. The summed E-state index contributed by atoms with van der Waals surface area (Å²) < 4.78 is 13.9. The number of pyridine rings is 1. The van der Waals surface area contributed by atoms with E-state index in [2.05, 4.69) is 33.7 Å². The number of halogens is 1. The lowest BCUT2D eigenvalue weighted by Gasteiger charge is -2.35. The molecule has 0 aliphatic carbocycles. The molecule has 6 rings (SSSR count). The van der Waals surface area contributed by atoms with Crippen molar-refractivity contribution in [3.05, 3.63) is 96.4 Å². The SMILES string of the molecule is C=CC(=C)N1CCC[C@@H](NC(=O)c2sc3nccc4c3c2NC(=O)N4c2cccc(-c3cccc(F)c3)c2)C1. The lowest BCUT2D eigenvalue weighted by molar-refractivity contribution is 0.0920. The summed E-state index contributed by atoms with van der Waals surface area (Å²) in [6.45, 7) is 9.36. The molecule has 2 aromatic heterocycles. The van der Waals surface area contributed by atoms with E-state index >= 15 is 0 Å². The summed E-state index contributed by atoms with van der Waals surface area (Å²) in [5, 5.41) is 6.80. The fraction of sp³-hybridized carbons (Fsp3) is 0.167. The van der Waals surface area contributed by atoms with Gasteiger partial charge in [-0.15, -0.1) is 11.3 Å². The molecule has 7 nitrogen and oxygen atoms in total. The van der Waals surface area contributed by atoms with Crippen LogP contribution in [0.3, 0.4) is 0 Å². The predicted molar refractivity (Wildman–Crippen MR) is 154 cm³/mol. The van der Waals surface area contributed by atoms with Crippen molar-refractivity contribution in [1.29, 1.82) is 0 Å². The zero-order valence-electron chi connectivity index (χ0n) is 21.1. The van der Waals surface area contributed by atoms with Crippen LogP contribution in [0.4, 0.5) is 26.2 Å². The number of carbonyl (C=O) groups excluding carboxylic acids is 2. The summed E-state index contributed by atoms with van der Waals surface area (Å²) in [7, 11) is 0. The highest BCUT2D eigenvalue weighted by atomic mass is 32.1. The predicted octanol–water partition coefficient (Wildman–Crippen LogP) is 6.68. The van der Waals surface area contributed by atoms with Crippen molar-refractivity contribution in [2.24, 2.45) is 0 Å². The number of aromatic nitrogens is 1. The van der Waals surface area contributed by atoms with Crippen LogP contribution < -0.4 is 15.5 Å². The Labute approximate surface area is 229 Å². The van der Waals surface area contributed by atoms with E-state index in [1.54, 1.807) is 29.3 Å². The molecule has 4 aromatic rings. The molecule has 0 radical (unpaired) electrons. The molecule has 1 saturated heterocycles. The van der Waals surface area contributed by atoms with Gasteiger partial charge in [0.2, 0.25) is 0 Å². The van der Waals surface area contributed by atoms with Crippen LogP contribution in [-0.2, 0) is 0 Å². The molecule has 2 aromatic carbocycles. The monoisotopic (exact) mass is 539 g/mol. The number of nitrogens with zero attached hydrogens (tertiary/aromatic N) is 3. The van der Waals surface area contributed by atoms with Gasteiger partial charge in [-0.3, -0.25) is 9.69 Å². The Kier molecular flexibility index (Phi) is 6.36. The van der Waals surface area contributed by atoms with E-state index in [1.807, 2.05) is 30.3 Å². The van der Waals surface area contributed by atoms with Crippen LogP contribution in [0, 0.1) is 5.82 Å². The number of likely N-dealkylation sites (tertiary alicyclic amines) is 1. The molecule has 0 unspecified atom stereocenters. The van der Waals surface area contributed by atoms with Crippen LogP contribution >= 0.6 is 11.3 Å². The second kappa shape index (κ2) is 9.99. The van der Waals surface area contributed by atoms with Gasteiger partial charge in [0.1, 0.15) is 15.5 Å². The number of amides is 3.